The van der Waals surface area contributed by atoms with Gasteiger partial charge in [-0.1, -0.05) is 19.1 Å². The Morgan fingerprint density at radius 3 is 2.89 bits per heavy atom. The van der Waals surface area contributed by atoms with Crippen LogP contribution < -0.4 is 10.6 Å². The molecule has 0 bridgehead atoms. The third-order valence-electron chi connectivity index (χ3n) is 4.45. The Morgan fingerprint density at radius 1 is 1.37 bits per heavy atom. The van der Waals surface area contributed by atoms with Crippen molar-refractivity contribution >= 4 is 28.1 Å². The van der Waals surface area contributed by atoms with E-state index in [1.807, 2.05) is 5.38 Å². The van der Waals surface area contributed by atoms with Crippen LogP contribution in [-0.2, 0) is 16.0 Å². The van der Waals surface area contributed by atoms with E-state index in [0.717, 1.165) is 39.3 Å². The number of nitrogens with zero attached hydrogens (tertiary/aromatic N) is 2. The number of aromatic nitrogens is 1. The predicted octanol–water partition coefficient (Wildman–Crippen LogP) is 2.80. The van der Waals surface area contributed by atoms with E-state index < -0.39 is 0 Å². The van der Waals surface area contributed by atoms with Gasteiger partial charge in [0, 0.05) is 31.1 Å². The minimum atomic E-state index is -0.333. The number of nitrogens with one attached hydrogen (secondary N) is 2. The Bertz CT molecular complexity index is 749. The first-order valence-electron chi connectivity index (χ1n) is 9.19. The summed E-state index contributed by atoms with van der Waals surface area (Å²) < 4.78 is 19.1. The van der Waals surface area contributed by atoms with Crippen LogP contribution in [0, 0.1) is 5.82 Å². The van der Waals surface area contributed by atoms with E-state index in [1.54, 1.807) is 18.2 Å². The molecule has 2 aromatic rings. The van der Waals surface area contributed by atoms with Gasteiger partial charge in [-0.25, -0.2) is 9.37 Å². The van der Waals surface area contributed by atoms with Crippen molar-refractivity contribution in [3.8, 4) is 0 Å². The predicted molar refractivity (Wildman–Crippen MR) is 105 cm³/mol. The molecular weight excluding hydrogens is 367 g/mol. The lowest BCUT2D eigenvalue weighted by Crippen LogP contribution is -2.47. The summed E-state index contributed by atoms with van der Waals surface area (Å²) in [6.45, 7) is 6.22. The van der Waals surface area contributed by atoms with E-state index in [2.05, 4.69) is 27.4 Å². The first kappa shape index (κ1) is 19.7. The number of hydrogen-bond acceptors (Lipinski definition) is 6. The van der Waals surface area contributed by atoms with E-state index in [1.165, 1.54) is 17.4 Å². The molecular formula is C19H25FN4O2S. The number of thiazole rings is 1. The number of benzene rings is 1. The fourth-order valence-electron chi connectivity index (χ4n) is 2.94. The Labute approximate surface area is 162 Å². The largest absolute Gasteiger partial charge is 0.379 e. The highest BCUT2D eigenvalue weighted by Crippen LogP contribution is 2.23. The van der Waals surface area contributed by atoms with Crippen molar-refractivity contribution in [2.45, 2.75) is 25.8 Å². The maximum atomic E-state index is 13.7. The van der Waals surface area contributed by atoms with E-state index in [-0.39, 0.29) is 24.2 Å². The number of amides is 1. The second-order valence-corrected chi connectivity index (χ2v) is 7.37. The average molecular weight is 393 g/mol. The van der Waals surface area contributed by atoms with Crippen LogP contribution in [-0.4, -0.2) is 54.7 Å². The summed E-state index contributed by atoms with van der Waals surface area (Å²) in [6.07, 6.45) is 1.09. The molecule has 8 heteroatoms. The van der Waals surface area contributed by atoms with Gasteiger partial charge in [0.15, 0.2) is 5.13 Å². The lowest BCUT2D eigenvalue weighted by Gasteiger charge is -2.30. The highest BCUT2D eigenvalue weighted by Gasteiger charge is 2.18. The molecule has 1 aliphatic rings. The van der Waals surface area contributed by atoms with Crippen molar-refractivity contribution in [3.05, 3.63) is 41.2 Å². The summed E-state index contributed by atoms with van der Waals surface area (Å²) in [7, 11) is 0. The lowest BCUT2D eigenvalue weighted by molar-refractivity contribution is -0.121. The average Bonchev–Trinajstić information content (AvgIpc) is 3.10. The number of anilines is 2. The lowest BCUT2D eigenvalue weighted by atomic mass is 10.2. The second kappa shape index (κ2) is 9.77. The molecule has 0 spiro atoms. The molecule has 6 nitrogen and oxygen atoms in total. The Balaban J connectivity index is 1.50. The maximum absolute atomic E-state index is 13.7. The van der Waals surface area contributed by atoms with Crippen LogP contribution in [0.2, 0.25) is 0 Å². The molecule has 1 saturated heterocycles. The van der Waals surface area contributed by atoms with Gasteiger partial charge in [0.1, 0.15) is 5.82 Å². The first-order chi connectivity index (χ1) is 13.1. The van der Waals surface area contributed by atoms with Crippen molar-refractivity contribution in [1.29, 1.82) is 0 Å². The summed E-state index contributed by atoms with van der Waals surface area (Å²) in [5.74, 6) is -0.376. The zero-order valence-electron chi connectivity index (χ0n) is 15.4. The van der Waals surface area contributed by atoms with Gasteiger partial charge < -0.3 is 15.4 Å². The minimum absolute atomic E-state index is 0.0437. The maximum Gasteiger partial charge on any atom is 0.226 e. The topological polar surface area (TPSA) is 66.5 Å². The first-order valence-corrected chi connectivity index (χ1v) is 10.1. The van der Waals surface area contributed by atoms with Gasteiger partial charge in [0.2, 0.25) is 5.91 Å². The highest BCUT2D eigenvalue weighted by atomic mass is 32.1. The number of carbonyl (C=O) groups excluding carboxylic acids is 1. The zero-order chi connectivity index (χ0) is 19.1. The zero-order valence-corrected chi connectivity index (χ0v) is 16.2. The molecule has 2 N–H and O–H groups in total. The molecule has 146 valence electrons. The number of carbonyl (C=O) groups is 1. The van der Waals surface area contributed by atoms with Crippen LogP contribution in [0.1, 0.15) is 19.0 Å². The molecule has 1 aliphatic heterocycles. The molecule has 0 saturated carbocycles. The third kappa shape index (κ3) is 5.98. The summed E-state index contributed by atoms with van der Waals surface area (Å²) >= 11 is 1.36. The van der Waals surface area contributed by atoms with Crippen LogP contribution in [0.3, 0.4) is 0 Å². The number of hydrogen-bond donors (Lipinski definition) is 2. The molecule has 3 rings (SSSR count). The van der Waals surface area contributed by atoms with E-state index in [4.69, 9.17) is 4.74 Å². The standard InChI is InChI=1S/C19H25FN4O2S/c1-2-14(12-24-7-9-26-10-8-24)21-18(25)11-15-13-27-19(22-15)23-17-6-4-3-5-16(17)20/h3-6,13-14H,2,7-12H2,1H3,(H,21,25)(H,22,23)/t14-/m0/s1. The molecule has 1 fully saturated rings. The van der Waals surface area contributed by atoms with Gasteiger partial charge >= 0.3 is 0 Å². The molecule has 27 heavy (non-hydrogen) atoms. The van der Waals surface area contributed by atoms with Gasteiger partial charge in [0.05, 0.1) is 31.0 Å². The van der Waals surface area contributed by atoms with E-state index >= 15 is 0 Å². The fourth-order valence-corrected chi connectivity index (χ4v) is 3.66. The molecule has 1 aromatic carbocycles. The summed E-state index contributed by atoms with van der Waals surface area (Å²) in [5, 5.41) is 8.45. The van der Waals surface area contributed by atoms with Gasteiger partial charge in [-0.3, -0.25) is 9.69 Å². The van der Waals surface area contributed by atoms with E-state index in [0.29, 0.717) is 16.5 Å². The Morgan fingerprint density at radius 2 is 2.15 bits per heavy atom. The van der Waals surface area contributed by atoms with Crippen LogP contribution >= 0.6 is 11.3 Å². The Hall–Kier alpha value is -2.03. The van der Waals surface area contributed by atoms with Crippen LogP contribution in [0.25, 0.3) is 0 Å². The van der Waals surface area contributed by atoms with E-state index in [9.17, 15) is 9.18 Å². The van der Waals surface area contributed by atoms with Gasteiger partial charge in [-0.15, -0.1) is 11.3 Å². The van der Waals surface area contributed by atoms with Crippen molar-refractivity contribution < 1.29 is 13.9 Å². The monoisotopic (exact) mass is 392 g/mol. The molecule has 2 heterocycles. The van der Waals surface area contributed by atoms with Crippen LogP contribution in [0.4, 0.5) is 15.2 Å². The van der Waals surface area contributed by atoms with Crippen molar-refractivity contribution in [1.82, 2.24) is 15.2 Å². The van der Waals surface area contributed by atoms with Crippen molar-refractivity contribution in [2.75, 3.05) is 38.2 Å². The Kier molecular flexibility index (Phi) is 7.14. The van der Waals surface area contributed by atoms with Gasteiger partial charge in [-0.2, -0.15) is 0 Å². The molecule has 1 aromatic heterocycles. The molecule has 0 radical (unpaired) electrons. The van der Waals surface area contributed by atoms with Crippen molar-refractivity contribution in [2.24, 2.45) is 0 Å². The fraction of sp³-hybridized carbons (Fsp3) is 0.474. The third-order valence-corrected chi connectivity index (χ3v) is 5.26. The molecule has 1 atom stereocenters. The SMILES string of the molecule is CC[C@@H](CN1CCOCC1)NC(=O)Cc1csc(Nc2ccccc2F)n1. The molecule has 0 unspecified atom stereocenters. The quantitative estimate of drug-likeness (QED) is 0.723. The number of rotatable bonds is 8. The number of ether oxygens (including phenoxy) is 1. The number of para-hydroxylation sites is 1. The van der Waals surface area contributed by atoms with Crippen molar-refractivity contribution in [3.63, 3.8) is 0 Å². The second-order valence-electron chi connectivity index (χ2n) is 6.51. The smallest absolute Gasteiger partial charge is 0.226 e. The van der Waals surface area contributed by atoms with Gasteiger partial charge in [0.25, 0.3) is 0 Å². The molecule has 0 aliphatic carbocycles. The number of morpholine rings is 1. The summed E-state index contributed by atoms with van der Waals surface area (Å²) in [6, 6.07) is 6.56. The van der Waals surface area contributed by atoms with Crippen LogP contribution in [0.5, 0.6) is 0 Å². The summed E-state index contributed by atoms with van der Waals surface area (Å²) in [5.41, 5.74) is 1.05. The highest BCUT2D eigenvalue weighted by molar-refractivity contribution is 7.13. The molecule has 1 amide bonds. The minimum Gasteiger partial charge on any atom is -0.379 e. The summed E-state index contributed by atoms with van der Waals surface area (Å²) in [4.78, 5) is 19.1. The normalized spacial score (nSPS) is 16.1. The number of halogens is 1. The van der Waals surface area contributed by atoms with Gasteiger partial charge in [-0.05, 0) is 18.6 Å². The van der Waals surface area contributed by atoms with Crippen LogP contribution in [0.15, 0.2) is 29.6 Å².